The predicted octanol–water partition coefficient (Wildman–Crippen LogP) is 2.50. The van der Waals surface area contributed by atoms with E-state index >= 15 is 0 Å². The van der Waals surface area contributed by atoms with Gasteiger partial charge < -0.3 is 5.73 Å². The average molecular weight is 173 g/mol. The highest BCUT2D eigenvalue weighted by Gasteiger charge is 2.22. The lowest BCUT2D eigenvalue weighted by molar-refractivity contribution is 0.197. The van der Waals surface area contributed by atoms with Crippen LogP contribution in [0, 0.1) is 11.8 Å². The molecule has 0 aromatic rings. The van der Waals surface area contributed by atoms with Crippen molar-refractivity contribution in [2.24, 2.45) is 17.6 Å². The zero-order valence-corrected chi connectivity index (χ0v) is 7.77. The summed E-state index contributed by atoms with van der Waals surface area (Å²) in [6.45, 7) is 0.479. The summed E-state index contributed by atoms with van der Waals surface area (Å²) in [5.41, 5.74) is 5.44. The molecule has 1 rings (SSSR count). The third-order valence-electron chi connectivity index (χ3n) is 3.05. The molecule has 1 atom stereocenters. The first-order valence-corrected chi connectivity index (χ1v) is 5.14. The summed E-state index contributed by atoms with van der Waals surface area (Å²) in [6, 6.07) is 0. The molecule has 0 heterocycles. The van der Waals surface area contributed by atoms with Crippen molar-refractivity contribution >= 4 is 0 Å². The molecular weight excluding hydrogens is 153 g/mol. The zero-order valence-electron chi connectivity index (χ0n) is 7.77. The van der Waals surface area contributed by atoms with Crippen molar-refractivity contribution in [1.29, 1.82) is 0 Å². The molecule has 2 heteroatoms. The molecule has 0 bridgehead atoms. The number of nitrogens with two attached hydrogens (primary N) is 1. The first-order valence-electron chi connectivity index (χ1n) is 5.14. The minimum Gasteiger partial charge on any atom is -0.330 e. The van der Waals surface area contributed by atoms with E-state index in [0.29, 0.717) is 12.5 Å². The Labute approximate surface area is 74.5 Å². The lowest BCUT2D eigenvalue weighted by Gasteiger charge is -2.28. The maximum Gasteiger partial charge on any atom is 0.0925 e. The lowest BCUT2D eigenvalue weighted by atomic mass is 9.79. The van der Waals surface area contributed by atoms with Crippen LogP contribution in [0.4, 0.5) is 4.39 Å². The molecule has 0 amide bonds. The maximum absolute atomic E-state index is 12.6. The highest BCUT2D eigenvalue weighted by Crippen LogP contribution is 2.31. The third-order valence-corrected chi connectivity index (χ3v) is 3.05. The van der Waals surface area contributed by atoms with Crippen molar-refractivity contribution in [3.63, 3.8) is 0 Å². The van der Waals surface area contributed by atoms with E-state index in [9.17, 15) is 4.39 Å². The largest absolute Gasteiger partial charge is 0.330 e. The Morgan fingerprint density at radius 2 is 1.92 bits per heavy atom. The molecule has 1 aliphatic rings. The van der Waals surface area contributed by atoms with E-state index in [4.69, 9.17) is 5.73 Å². The first-order chi connectivity index (χ1) is 5.88. The highest BCUT2D eigenvalue weighted by molar-refractivity contribution is 4.73. The molecule has 1 fully saturated rings. The van der Waals surface area contributed by atoms with Crippen LogP contribution in [-0.2, 0) is 0 Å². The summed E-state index contributed by atoms with van der Waals surface area (Å²) in [6.07, 6.45) is 7.28. The number of halogens is 1. The van der Waals surface area contributed by atoms with Crippen molar-refractivity contribution < 1.29 is 4.39 Å². The van der Waals surface area contributed by atoms with Gasteiger partial charge in [0.1, 0.15) is 0 Å². The molecule has 1 saturated carbocycles. The van der Waals surface area contributed by atoms with Crippen LogP contribution in [-0.4, -0.2) is 13.2 Å². The molecule has 2 N–H and O–H groups in total. The predicted molar refractivity (Wildman–Crippen MR) is 49.7 cm³/mol. The molecule has 1 aliphatic carbocycles. The molecule has 0 aromatic carbocycles. The fraction of sp³-hybridized carbons (Fsp3) is 1.00. The number of rotatable bonds is 4. The van der Waals surface area contributed by atoms with Crippen LogP contribution in [0.2, 0.25) is 0 Å². The molecular formula is C10H20FN. The van der Waals surface area contributed by atoms with E-state index in [1.54, 1.807) is 0 Å². The van der Waals surface area contributed by atoms with Gasteiger partial charge in [0, 0.05) is 0 Å². The van der Waals surface area contributed by atoms with Gasteiger partial charge in [0.25, 0.3) is 0 Å². The van der Waals surface area contributed by atoms with Gasteiger partial charge in [-0.15, -0.1) is 0 Å². The van der Waals surface area contributed by atoms with Crippen LogP contribution in [0.1, 0.15) is 38.5 Å². The minimum absolute atomic E-state index is 0.165. The molecule has 72 valence electrons. The van der Waals surface area contributed by atoms with E-state index < -0.39 is 0 Å². The summed E-state index contributed by atoms with van der Waals surface area (Å²) in [7, 11) is 0. The Morgan fingerprint density at radius 3 is 2.42 bits per heavy atom. The Balaban J connectivity index is 2.29. The van der Waals surface area contributed by atoms with Gasteiger partial charge in [-0.3, -0.25) is 4.39 Å². The fourth-order valence-electron chi connectivity index (χ4n) is 2.26. The Morgan fingerprint density at radius 1 is 1.25 bits per heavy atom. The molecule has 1 nitrogen and oxygen atoms in total. The van der Waals surface area contributed by atoms with Gasteiger partial charge in [0.15, 0.2) is 0 Å². The molecule has 0 spiro atoms. The van der Waals surface area contributed by atoms with E-state index in [0.717, 1.165) is 6.42 Å². The van der Waals surface area contributed by atoms with Crippen molar-refractivity contribution in [3.05, 3.63) is 0 Å². The third kappa shape index (κ3) is 2.74. The Hall–Kier alpha value is -0.110. The normalized spacial score (nSPS) is 22.5. The number of hydrogen-bond acceptors (Lipinski definition) is 1. The monoisotopic (exact) mass is 173 g/mol. The standard InChI is InChI=1S/C10H20FN/c11-8-10(6-7-12)9-4-2-1-3-5-9/h9-10H,1-8,12H2. The van der Waals surface area contributed by atoms with Crippen LogP contribution in [0.25, 0.3) is 0 Å². The average Bonchev–Trinajstić information content (AvgIpc) is 2.15. The quantitative estimate of drug-likeness (QED) is 0.694. The second kappa shape index (κ2) is 5.52. The Bertz CT molecular complexity index is 108. The summed E-state index contributed by atoms with van der Waals surface area (Å²) < 4.78 is 12.6. The van der Waals surface area contributed by atoms with E-state index in [2.05, 4.69) is 0 Å². The molecule has 0 aromatic heterocycles. The van der Waals surface area contributed by atoms with Crippen LogP contribution < -0.4 is 5.73 Å². The number of hydrogen-bond donors (Lipinski definition) is 1. The van der Waals surface area contributed by atoms with Gasteiger partial charge in [-0.05, 0) is 24.8 Å². The minimum atomic E-state index is -0.165. The van der Waals surface area contributed by atoms with Gasteiger partial charge in [0.2, 0.25) is 0 Å². The fourth-order valence-corrected chi connectivity index (χ4v) is 2.26. The summed E-state index contributed by atoms with van der Waals surface area (Å²) >= 11 is 0. The SMILES string of the molecule is NCCC(CF)C1CCCCC1. The van der Waals surface area contributed by atoms with E-state index in [-0.39, 0.29) is 12.6 Å². The van der Waals surface area contributed by atoms with Crippen LogP contribution in [0.3, 0.4) is 0 Å². The number of alkyl halides is 1. The van der Waals surface area contributed by atoms with Crippen LogP contribution >= 0.6 is 0 Å². The summed E-state index contributed by atoms with van der Waals surface area (Å²) in [5, 5.41) is 0. The molecule has 0 aliphatic heterocycles. The summed E-state index contributed by atoms with van der Waals surface area (Å²) in [5.74, 6) is 0.891. The van der Waals surface area contributed by atoms with Crippen molar-refractivity contribution in [3.8, 4) is 0 Å². The molecule has 1 unspecified atom stereocenters. The van der Waals surface area contributed by atoms with Crippen molar-refractivity contribution in [2.75, 3.05) is 13.2 Å². The van der Waals surface area contributed by atoms with Crippen LogP contribution in [0.5, 0.6) is 0 Å². The van der Waals surface area contributed by atoms with Gasteiger partial charge in [-0.2, -0.15) is 0 Å². The highest BCUT2D eigenvalue weighted by atomic mass is 19.1. The zero-order chi connectivity index (χ0) is 8.81. The van der Waals surface area contributed by atoms with Gasteiger partial charge in [-0.25, -0.2) is 0 Å². The second-order valence-electron chi connectivity index (χ2n) is 3.89. The summed E-state index contributed by atoms with van der Waals surface area (Å²) in [4.78, 5) is 0. The van der Waals surface area contributed by atoms with Gasteiger partial charge >= 0.3 is 0 Å². The van der Waals surface area contributed by atoms with Crippen molar-refractivity contribution in [1.82, 2.24) is 0 Å². The first kappa shape index (κ1) is 9.97. The van der Waals surface area contributed by atoms with E-state index in [1.807, 2.05) is 0 Å². The van der Waals surface area contributed by atoms with Crippen molar-refractivity contribution in [2.45, 2.75) is 38.5 Å². The molecule has 0 radical (unpaired) electrons. The van der Waals surface area contributed by atoms with E-state index in [1.165, 1.54) is 32.1 Å². The topological polar surface area (TPSA) is 26.0 Å². The maximum atomic E-state index is 12.6. The van der Waals surface area contributed by atoms with Crippen LogP contribution in [0.15, 0.2) is 0 Å². The Kier molecular flexibility index (Phi) is 4.59. The molecule has 0 saturated heterocycles. The lowest BCUT2D eigenvalue weighted by Crippen LogP contribution is -2.22. The van der Waals surface area contributed by atoms with Gasteiger partial charge in [0.05, 0.1) is 6.67 Å². The van der Waals surface area contributed by atoms with Gasteiger partial charge in [-0.1, -0.05) is 32.1 Å². The smallest absolute Gasteiger partial charge is 0.0925 e. The molecule has 12 heavy (non-hydrogen) atoms. The second-order valence-corrected chi connectivity index (χ2v) is 3.89.